The van der Waals surface area contributed by atoms with Crippen LogP contribution in [-0.2, 0) is 14.9 Å². The van der Waals surface area contributed by atoms with Gasteiger partial charge in [0.05, 0.1) is 16.3 Å². The minimum absolute atomic E-state index is 0.0972. The van der Waals surface area contributed by atoms with Crippen LogP contribution in [-0.4, -0.2) is 35.7 Å². The van der Waals surface area contributed by atoms with E-state index in [-0.39, 0.29) is 22.2 Å². The van der Waals surface area contributed by atoms with E-state index in [1.807, 2.05) is 32.0 Å². The van der Waals surface area contributed by atoms with Gasteiger partial charge in [0.1, 0.15) is 5.69 Å². The van der Waals surface area contributed by atoms with Gasteiger partial charge in [0.2, 0.25) is 0 Å². The number of benzene rings is 3. The second-order valence-corrected chi connectivity index (χ2v) is 9.38. The molecule has 10 heteroatoms. The maximum Gasteiger partial charge on any atom is 0.294 e. The Morgan fingerprint density at radius 2 is 1.71 bits per heavy atom. The van der Waals surface area contributed by atoms with Crippen molar-refractivity contribution in [2.75, 3.05) is 5.01 Å². The fraction of sp³-hybridized carbons (Fsp3) is 0.167. The molecule has 0 aliphatic carbocycles. The summed E-state index contributed by atoms with van der Waals surface area (Å²) in [4.78, 5) is 12.7. The zero-order chi connectivity index (χ0) is 24.6. The largest absolute Gasteiger partial charge is 0.505 e. The Bertz CT molecular complexity index is 1460. The predicted molar refractivity (Wildman–Crippen MR) is 128 cm³/mol. The normalized spacial score (nSPS) is 16.4. The summed E-state index contributed by atoms with van der Waals surface area (Å²) in [5.41, 5.74) is 3.98. The van der Waals surface area contributed by atoms with E-state index in [2.05, 4.69) is 15.3 Å². The van der Waals surface area contributed by atoms with Crippen LogP contribution < -0.4 is 5.01 Å². The number of phenols is 1. The number of carbonyl (C=O) groups is 1. The second-order valence-electron chi connectivity index (χ2n) is 7.95. The molecule has 0 spiro atoms. The molecule has 1 aliphatic heterocycles. The van der Waals surface area contributed by atoms with Crippen molar-refractivity contribution in [2.24, 2.45) is 15.3 Å². The first-order chi connectivity index (χ1) is 16.1. The Morgan fingerprint density at radius 1 is 0.971 bits per heavy atom. The molecule has 9 nitrogen and oxygen atoms in total. The molecule has 1 atom stereocenters. The summed E-state index contributed by atoms with van der Waals surface area (Å²) in [6, 6.07) is 14.9. The van der Waals surface area contributed by atoms with Gasteiger partial charge in [-0.3, -0.25) is 9.35 Å². The molecule has 0 fully saturated rings. The van der Waals surface area contributed by atoms with Crippen LogP contribution in [0.15, 0.2) is 80.9 Å². The average Bonchev–Trinajstić information content (AvgIpc) is 3.08. The third kappa shape index (κ3) is 4.45. The summed E-state index contributed by atoms with van der Waals surface area (Å²) in [5, 5.41) is 24.6. The van der Waals surface area contributed by atoms with Gasteiger partial charge in [-0.05, 0) is 67.8 Å². The molecule has 34 heavy (non-hydrogen) atoms. The van der Waals surface area contributed by atoms with Crippen LogP contribution in [0.2, 0.25) is 0 Å². The second kappa shape index (κ2) is 8.81. The van der Waals surface area contributed by atoms with Crippen molar-refractivity contribution >= 4 is 33.1 Å². The summed E-state index contributed by atoms with van der Waals surface area (Å²) in [7, 11) is -4.40. The number of para-hydroxylation sites is 1. The van der Waals surface area contributed by atoms with Crippen molar-refractivity contribution in [1.29, 1.82) is 0 Å². The number of azo groups is 1. The van der Waals surface area contributed by atoms with E-state index in [1.165, 1.54) is 29.3 Å². The van der Waals surface area contributed by atoms with Crippen LogP contribution in [0.4, 0.5) is 11.4 Å². The number of aryl methyl sites for hydroxylation is 2. The van der Waals surface area contributed by atoms with Crippen LogP contribution in [0.1, 0.15) is 18.1 Å². The molecular formula is C24H22N4O5S. The smallest absolute Gasteiger partial charge is 0.294 e. The van der Waals surface area contributed by atoms with Gasteiger partial charge in [-0.15, -0.1) is 0 Å². The Balaban J connectivity index is 1.62. The zero-order valence-electron chi connectivity index (χ0n) is 18.7. The Morgan fingerprint density at radius 3 is 2.41 bits per heavy atom. The lowest BCUT2D eigenvalue weighted by atomic mass is 10.0. The highest BCUT2D eigenvalue weighted by Gasteiger charge is 2.35. The molecule has 1 aliphatic rings. The van der Waals surface area contributed by atoms with Gasteiger partial charge in [0.25, 0.3) is 16.0 Å². The number of anilines is 1. The molecule has 0 bridgehead atoms. The molecule has 1 amide bonds. The van der Waals surface area contributed by atoms with Gasteiger partial charge in [-0.1, -0.05) is 30.3 Å². The molecule has 0 saturated heterocycles. The fourth-order valence-corrected chi connectivity index (χ4v) is 4.05. The highest BCUT2D eigenvalue weighted by atomic mass is 32.2. The molecule has 0 aromatic heterocycles. The van der Waals surface area contributed by atoms with Crippen LogP contribution in [0.25, 0.3) is 11.1 Å². The third-order valence-electron chi connectivity index (χ3n) is 5.57. The van der Waals surface area contributed by atoms with Crippen molar-refractivity contribution in [3.05, 3.63) is 71.8 Å². The standard InChI is InChI=1S/C24H22N4O5S/c1-14-10-11-18(12-15(14)2)28-24(30)22(16(3)27-28)26-25-21-9-5-8-20(23(21)29)17-6-4-7-19(13-17)34(31,32)33/h4-13,22,29H,1-3H3,(H,31,32,33). The van der Waals surface area contributed by atoms with Gasteiger partial charge < -0.3 is 5.11 Å². The van der Waals surface area contributed by atoms with E-state index in [4.69, 9.17) is 0 Å². The first-order valence-electron chi connectivity index (χ1n) is 10.3. The first kappa shape index (κ1) is 23.3. The molecule has 0 radical (unpaired) electrons. The quantitative estimate of drug-likeness (QED) is 0.402. The lowest BCUT2D eigenvalue weighted by Crippen LogP contribution is -2.29. The Kier molecular flexibility index (Phi) is 6.03. The highest BCUT2D eigenvalue weighted by molar-refractivity contribution is 7.85. The number of nitrogens with zero attached hydrogens (tertiary/aromatic N) is 4. The summed E-state index contributed by atoms with van der Waals surface area (Å²) in [6.07, 6.45) is 0. The predicted octanol–water partition coefficient (Wildman–Crippen LogP) is 4.80. The molecule has 1 heterocycles. The lowest BCUT2D eigenvalue weighted by molar-refractivity contribution is -0.117. The van der Waals surface area contributed by atoms with Crippen LogP contribution in [0, 0.1) is 13.8 Å². The van der Waals surface area contributed by atoms with Crippen LogP contribution in [0.3, 0.4) is 0 Å². The molecule has 4 rings (SSSR count). The van der Waals surface area contributed by atoms with Crippen molar-refractivity contribution in [2.45, 2.75) is 31.7 Å². The molecule has 1 unspecified atom stereocenters. The molecular weight excluding hydrogens is 456 g/mol. The number of hydrogen-bond acceptors (Lipinski definition) is 7. The molecule has 3 aromatic rings. The van der Waals surface area contributed by atoms with E-state index >= 15 is 0 Å². The monoisotopic (exact) mass is 478 g/mol. The molecule has 0 saturated carbocycles. The van der Waals surface area contributed by atoms with E-state index in [9.17, 15) is 22.9 Å². The summed E-state index contributed by atoms with van der Waals surface area (Å²) in [6.45, 7) is 5.62. The molecule has 3 aromatic carbocycles. The Hall–Kier alpha value is -3.89. The zero-order valence-corrected chi connectivity index (χ0v) is 19.5. The van der Waals surface area contributed by atoms with Crippen LogP contribution in [0.5, 0.6) is 5.75 Å². The lowest BCUT2D eigenvalue weighted by Gasteiger charge is -2.14. The average molecular weight is 479 g/mol. The number of aromatic hydroxyl groups is 1. The minimum Gasteiger partial charge on any atom is -0.505 e. The third-order valence-corrected chi connectivity index (χ3v) is 6.42. The number of hydrazone groups is 1. The Labute approximate surface area is 196 Å². The summed E-state index contributed by atoms with van der Waals surface area (Å²) < 4.78 is 32.2. The van der Waals surface area contributed by atoms with E-state index in [1.54, 1.807) is 25.1 Å². The number of amides is 1. The van der Waals surface area contributed by atoms with E-state index < -0.39 is 16.2 Å². The summed E-state index contributed by atoms with van der Waals surface area (Å²) in [5.74, 6) is -0.606. The van der Waals surface area contributed by atoms with Gasteiger partial charge in [0, 0.05) is 5.56 Å². The van der Waals surface area contributed by atoms with Gasteiger partial charge in [-0.25, -0.2) is 0 Å². The molecule has 174 valence electrons. The maximum absolute atomic E-state index is 13.0. The number of carbonyl (C=O) groups excluding carboxylic acids is 1. The number of rotatable bonds is 5. The summed E-state index contributed by atoms with van der Waals surface area (Å²) >= 11 is 0. The van der Waals surface area contributed by atoms with Gasteiger partial charge >= 0.3 is 0 Å². The van der Waals surface area contributed by atoms with Crippen LogP contribution >= 0.6 is 0 Å². The first-order valence-corrected chi connectivity index (χ1v) is 11.8. The van der Waals surface area contributed by atoms with Crippen molar-refractivity contribution in [3.63, 3.8) is 0 Å². The van der Waals surface area contributed by atoms with Gasteiger partial charge in [-0.2, -0.15) is 28.8 Å². The van der Waals surface area contributed by atoms with E-state index in [0.717, 1.165) is 11.1 Å². The number of hydrogen-bond donors (Lipinski definition) is 2. The van der Waals surface area contributed by atoms with Gasteiger partial charge in [0.15, 0.2) is 11.8 Å². The fourth-order valence-electron chi connectivity index (χ4n) is 3.52. The SMILES string of the molecule is CC1=NN(c2ccc(C)c(C)c2)C(=O)C1N=Nc1cccc(-c2cccc(S(=O)(=O)O)c2)c1O. The van der Waals surface area contributed by atoms with E-state index in [0.29, 0.717) is 22.5 Å². The highest BCUT2D eigenvalue weighted by Crippen LogP contribution is 2.38. The van der Waals surface area contributed by atoms with Crippen molar-refractivity contribution < 1.29 is 22.9 Å². The number of phenolic OH excluding ortho intramolecular Hbond substituents is 1. The minimum atomic E-state index is -4.40. The topological polar surface area (TPSA) is 132 Å². The maximum atomic E-state index is 13.0. The molecule has 2 N–H and O–H groups in total. The van der Waals surface area contributed by atoms with Crippen molar-refractivity contribution in [1.82, 2.24) is 0 Å². The van der Waals surface area contributed by atoms with Crippen molar-refractivity contribution in [3.8, 4) is 16.9 Å².